The van der Waals surface area contributed by atoms with Crippen LogP contribution in [0.1, 0.15) is 18.4 Å². The molecule has 23 heavy (non-hydrogen) atoms. The average molecular weight is 320 g/mol. The lowest BCUT2D eigenvalue weighted by Gasteiger charge is -2.43. The number of piperidine rings is 1. The summed E-state index contributed by atoms with van der Waals surface area (Å²) in [7, 11) is 1.55. The molecule has 0 aliphatic carbocycles. The molecule has 0 saturated carbocycles. The van der Waals surface area contributed by atoms with Crippen molar-refractivity contribution in [3.05, 3.63) is 30.1 Å². The molecule has 0 aromatic carbocycles. The molecular formula is C17H24N2O4. The molecule has 2 aliphatic rings. The number of aromatic nitrogens is 1. The highest BCUT2D eigenvalue weighted by atomic mass is 16.5. The molecular weight excluding hydrogens is 296 g/mol. The molecule has 3 rings (SSSR count). The Labute approximate surface area is 136 Å². The van der Waals surface area contributed by atoms with Gasteiger partial charge in [0.1, 0.15) is 6.61 Å². The minimum Gasteiger partial charge on any atom is -0.377 e. The number of hydrogen-bond acceptors (Lipinski definition) is 5. The van der Waals surface area contributed by atoms with Gasteiger partial charge in [-0.2, -0.15) is 0 Å². The summed E-state index contributed by atoms with van der Waals surface area (Å²) in [5.74, 6) is 0.0476. The van der Waals surface area contributed by atoms with E-state index in [0.717, 1.165) is 31.6 Å². The number of rotatable bonds is 6. The maximum atomic E-state index is 12.1. The summed E-state index contributed by atoms with van der Waals surface area (Å²) in [6.07, 6.45) is 5.53. The molecule has 1 aromatic rings. The number of amides is 1. The van der Waals surface area contributed by atoms with Gasteiger partial charge in [-0.1, -0.05) is 0 Å². The highest BCUT2D eigenvalue weighted by molar-refractivity contribution is 5.77. The molecule has 2 fully saturated rings. The summed E-state index contributed by atoms with van der Waals surface area (Å²) in [6.45, 7) is 3.48. The van der Waals surface area contributed by atoms with Crippen LogP contribution in [0, 0.1) is 5.41 Å². The molecule has 6 heteroatoms. The number of ether oxygens (including phenoxy) is 3. The Balaban J connectivity index is 1.60. The van der Waals surface area contributed by atoms with E-state index in [0.29, 0.717) is 19.8 Å². The third-order valence-electron chi connectivity index (χ3n) is 4.80. The zero-order valence-corrected chi connectivity index (χ0v) is 13.6. The maximum absolute atomic E-state index is 12.1. The molecule has 3 heterocycles. The normalized spacial score (nSPS) is 27.0. The van der Waals surface area contributed by atoms with Gasteiger partial charge >= 0.3 is 0 Å². The predicted octanol–water partition coefficient (Wildman–Crippen LogP) is 1.25. The minimum absolute atomic E-state index is 0.0476. The number of methoxy groups -OCH3 is 1. The second-order valence-corrected chi connectivity index (χ2v) is 6.36. The van der Waals surface area contributed by atoms with Crippen LogP contribution in [0.3, 0.4) is 0 Å². The van der Waals surface area contributed by atoms with Crippen molar-refractivity contribution in [2.45, 2.75) is 25.6 Å². The van der Waals surface area contributed by atoms with Crippen LogP contribution < -0.4 is 0 Å². The zero-order chi connectivity index (χ0) is 16.1. The Hall–Kier alpha value is -1.50. The molecule has 0 spiro atoms. The monoisotopic (exact) mass is 320 g/mol. The van der Waals surface area contributed by atoms with Crippen molar-refractivity contribution < 1.29 is 19.0 Å². The topological polar surface area (TPSA) is 60.9 Å². The van der Waals surface area contributed by atoms with Gasteiger partial charge in [-0.3, -0.25) is 9.78 Å². The van der Waals surface area contributed by atoms with E-state index in [-0.39, 0.29) is 24.0 Å². The van der Waals surface area contributed by atoms with Gasteiger partial charge in [0.2, 0.25) is 5.91 Å². The van der Waals surface area contributed by atoms with Gasteiger partial charge < -0.3 is 19.1 Å². The second kappa shape index (κ2) is 7.38. The second-order valence-electron chi connectivity index (χ2n) is 6.36. The number of carbonyl (C=O) groups excluding carboxylic acids is 1. The fourth-order valence-corrected chi connectivity index (χ4v) is 3.53. The number of likely N-dealkylation sites (tertiary alicyclic amines) is 1. The van der Waals surface area contributed by atoms with E-state index in [2.05, 4.69) is 4.98 Å². The van der Waals surface area contributed by atoms with Gasteiger partial charge in [0.15, 0.2) is 0 Å². The molecule has 2 saturated heterocycles. The van der Waals surface area contributed by atoms with Crippen LogP contribution in [0.5, 0.6) is 0 Å². The fraction of sp³-hybridized carbons (Fsp3) is 0.647. The number of fused-ring (bicyclic) bond motifs is 1. The van der Waals surface area contributed by atoms with Gasteiger partial charge in [0.05, 0.1) is 19.3 Å². The Morgan fingerprint density at radius 3 is 3.09 bits per heavy atom. The van der Waals surface area contributed by atoms with Crippen LogP contribution in [0.4, 0.5) is 0 Å². The lowest BCUT2D eigenvalue weighted by Crippen LogP contribution is -2.54. The van der Waals surface area contributed by atoms with E-state index in [1.165, 1.54) is 0 Å². The number of nitrogens with zero attached hydrogens (tertiary/aromatic N) is 2. The summed E-state index contributed by atoms with van der Waals surface area (Å²) in [5, 5.41) is 0. The van der Waals surface area contributed by atoms with Crippen molar-refractivity contribution >= 4 is 5.91 Å². The van der Waals surface area contributed by atoms with E-state index >= 15 is 0 Å². The van der Waals surface area contributed by atoms with Crippen LogP contribution in [0.2, 0.25) is 0 Å². The Bertz CT molecular complexity index is 525. The standard InChI is InChI=1S/C17H24N2O4/c1-21-11-16(20)19-8-4-15-17(12-19,5-9-23-15)13-22-10-14-2-6-18-7-3-14/h2-3,6-7,15H,4-5,8-13H2,1H3/t15-,17+/m1/s1. The first-order valence-corrected chi connectivity index (χ1v) is 8.08. The summed E-state index contributed by atoms with van der Waals surface area (Å²) >= 11 is 0. The first-order valence-electron chi connectivity index (χ1n) is 8.08. The van der Waals surface area contributed by atoms with Crippen molar-refractivity contribution in [1.29, 1.82) is 0 Å². The minimum atomic E-state index is -0.0886. The van der Waals surface area contributed by atoms with Crippen molar-refractivity contribution in [2.75, 3.05) is 40.0 Å². The Morgan fingerprint density at radius 1 is 1.48 bits per heavy atom. The first-order chi connectivity index (χ1) is 11.2. The lowest BCUT2D eigenvalue weighted by molar-refractivity contribution is -0.143. The summed E-state index contributed by atoms with van der Waals surface area (Å²) in [5.41, 5.74) is 1.02. The third-order valence-corrected chi connectivity index (χ3v) is 4.80. The number of hydrogen-bond donors (Lipinski definition) is 0. The average Bonchev–Trinajstić information content (AvgIpc) is 2.99. The van der Waals surface area contributed by atoms with Crippen molar-refractivity contribution in [3.8, 4) is 0 Å². The third kappa shape index (κ3) is 3.71. The summed E-state index contributed by atoms with van der Waals surface area (Å²) < 4.78 is 16.8. The molecule has 0 unspecified atom stereocenters. The van der Waals surface area contributed by atoms with Crippen molar-refractivity contribution in [1.82, 2.24) is 9.88 Å². The van der Waals surface area contributed by atoms with E-state index in [9.17, 15) is 4.79 Å². The molecule has 0 N–H and O–H groups in total. The van der Waals surface area contributed by atoms with Crippen LogP contribution in [-0.2, 0) is 25.6 Å². The van der Waals surface area contributed by atoms with Gasteiger partial charge in [-0.15, -0.1) is 0 Å². The highest BCUT2D eigenvalue weighted by Crippen LogP contribution is 2.41. The zero-order valence-electron chi connectivity index (χ0n) is 13.6. The quantitative estimate of drug-likeness (QED) is 0.789. The molecule has 2 atom stereocenters. The van der Waals surface area contributed by atoms with E-state index in [1.807, 2.05) is 17.0 Å². The van der Waals surface area contributed by atoms with Crippen LogP contribution in [0.15, 0.2) is 24.5 Å². The largest absolute Gasteiger partial charge is 0.377 e. The van der Waals surface area contributed by atoms with Crippen LogP contribution >= 0.6 is 0 Å². The lowest BCUT2D eigenvalue weighted by atomic mass is 9.77. The smallest absolute Gasteiger partial charge is 0.248 e. The van der Waals surface area contributed by atoms with E-state index in [4.69, 9.17) is 14.2 Å². The molecule has 1 amide bonds. The molecule has 0 bridgehead atoms. The predicted molar refractivity (Wildman–Crippen MR) is 83.8 cm³/mol. The Kier molecular flexibility index (Phi) is 5.25. The van der Waals surface area contributed by atoms with Crippen molar-refractivity contribution in [3.63, 3.8) is 0 Å². The highest BCUT2D eigenvalue weighted by Gasteiger charge is 2.48. The van der Waals surface area contributed by atoms with Gasteiger partial charge in [0.25, 0.3) is 0 Å². The molecule has 6 nitrogen and oxygen atoms in total. The van der Waals surface area contributed by atoms with Crippen LogP contribution in [0.25, 0.3) is 0 Å². The maximum Gasteiger partial charge on any atom is 0.248 e. The summed E-state index contributed by atoms with van der Waals surface area (Å²) in [4.78, 5) is 18.0. The molecule has 2 aliphatic heterocycles. The number of carbonyl (C=O) groups is 1. The summed E-state index contributed by atoms with van der Waals surface area (Å²) in [6, 6.07) is 3.91. The van der Waals surface area contributed by atoms with Crippen molar-refractivity contribution in [2.24, 2.45) is 5.41 Å². The fourth-order valence-electron chi connectivity index (χ4n) is 3.53. The Morgan fingerprint density at radius 2 is 2.30 bits per heavy atom. The van der Waals surface area contributed by atoms with E-state index < -0.39 is 0 Å². The van der Waals surface area contributed by atoms with Gasteiger partial charge in [0, 0.05) is 44.6 Å². The number of pyridine rings is 1. The van der Waals surface area contributed by atoms with Gasteiger partial charge in [-0.25, -0.2) is 0 Å². The molecule has 0 radical (unpaired) electrons. The van der Waals surface area contributed by atoms with E-state index in [1.54, 1.807) is 19.5 Å². The SMILES string of the molecule is COCC(=O)N1CC[C@H]2OCC[C@@]2(COCc2ccncc2)C1. The molecule has 126 valence electrons. The first kappa shape index (κ1) is 16.4. The molecule has 1 aromatic heterocycles. The van der Waals surface area contributed by atoms with Crippen LogP contribution in [-0.4, -0.2) is 61.9 Å². The van der Waals surface area contributed by atoms with Gasteiger partial charge in [-0.05, 0) is 30.5 Å².